The third kappa shape index (κ3) is 1.71. The molecular formula is C5H8ClN5S. The zero-order valence-electron chi connectivity index (χ0n) is 6.34. The Labute approximate surface area is 78.9 Å². The first-order chi connectivity index (χ1) is 5.69. The van der Waals surface area contributed by atoms with Crippen molar-refractivity contribution in [3.63, 3.8) is 0 Å². The third-order valence-electron chi connectivity index (χ3n) is 1.18. The normalized spacial score (nSPS) is 9.92. The molecule has 66 valence electrons. The van der Waals surface area contributed by atoms with Crippen molar-refractivity contribution in [3.05, 3.63) is 5.15 Å². The highest BCUT2D eigenvalue weighted by atomic mass is 35.5. The van der Waals surface area contributed by atoms with E-state index in [0.29, 0.717) is 15.9 Å². The van der Waals surface area contributed by atoms with Crippen LogP contribution in [0.3, 0.4) is 0 Å². The minimum Gasteiger partial charge on any atom is -0.383 e. The summed E-state index contributed by atoms with van der Waals surface area (Å²) in [6.07, 6.45) is 1.84. The molecule has 1 aromatic rings. The van der Waals surface area contributed by atoms with E-state index >= 15 is 0 Å². The van der Waals surface area contributed by atoms with Gasteiger partial charge in [-0.3, -0.25) is 5.43 Å². The summed E-state index contributed by atoms with van der Waals surface area (Å²) in [5, 5.41) is 0.308. The van der Waals surface area contributed by atoms with Gasteiger partial charge < -0.3 is 5.73 Å². The van der Waals surface area contributed by atoms with Gasteiger partial charge >= 0.3 is 0 Å². The largest absolute Gasteiger partial charge is 0.383 e. The Bertz CT molecular complexity index is 268. The summed E-state index contributed by atoms with van der Waals surface area (Å²) in [6, 6.07) is 0. The van der Waals surface area contributed by atoms with Gasteiger partial charge in [0.05, 0.1) is 4.90 Å². The van der Waals surface area contributed by atoms with Crippen LogP contribution in [0.4, 0.5) is 11.8 Å². The van der Waals surface area contributed by atoms with Gasteiger partial charge in [0.2, 0.25) is 5.95 Å². The van der Waals surface area contributed by atoms with Crippen molar-refractivity contribution in [2.45, 2.75) is 4.90 Å². The molecular weight excluding hydrogens is 198 g/mol. The molecule has 0 amide bonds. The number of aromatic nitrogens is 2. The second kappa shape index (κ2) is 3.79. The summed E-state index contributed by atoms with van der Waals surface area (Å²) in [4.78, 5) is 8.35. The molecule has 0 aromatic carbocycles. The second-order valence-corrected chi connectivity index (χ2v) is 3.08. The standard InChI is InChI=1S/C5H8ClN5S/c1-12-2-3(6)9-5(11-8)10-4(2)7/h8H2,1H3,(H3,7,9,10,11). The molecule has 1 heterocycles. The van der Waals surface area contributed by atoms with E-state index in [1.807, 2.05) is 6.26 Å². The lowest BCUT2D eigenvalue weighted by molar-refractivity contribution is 1.08. The zero-order valence-corrected chi connectivity index (χ0v) is 7.91. The number of rotatable bonds is 2. The predicted molar refractivity (Wildman–Crippen MR) is 51.0 cm³/mol. The van der Waals surface area contributed by atoms with Crippen molar-refractivity contribution in [1.82, 2.24) is 9.97 Å². The quantitative estimate of drug-likeness (QED) is 0.285. The van der Waals surface area contributed by atoms with Crippen molar-refractivity contribution in [3.8, 4) is 0 Å². The maximum Gasteiger partial charge on any atom is 0.240 e. The Hall–Kier alpha value is -0.720. The van der Waals surface area contributed by atoms with Crippen LogP contribution >= 0.6 is 23.4 Å². The van der Waals surface area contributed by atoms with Crippen LogP contribution in [-0.4, -0.2) is 16.2 Å². The van der Waals surface area contributed by atoms with Crippen LogP contribution in [0, 0.1) is 0 Å². The molecule has 0 spiro atoms. The highest BCUT2D eigenvalue weighted by molar-refractivity contribution is 7.98. The Morgan fingerprint density at radius 3 is 2.58 bits per heavy atom. The van der Waals surface area contributed by atoms with E-state index in [4.69, 9.17) is 23.2 Å². The van der Waals surface area contributed by atoms with Gasteiger partial charge in [-0.25, -0.2) is 5.84 Å². The number of halogens is 1. The first-order valence-corrected chi connectivity index (χ1v) is 4.63. The molecule has 7 heteroatoms. The van der Waals surface area contributed by atoms with Crippen LogP contribution in [0.2, 0.25) is 5.15 Å². The maximum atomic E-state index is 5.77. The molecule has 0 unspecified atom stereocenters. The molecule has 1 aromatic heterocycles. The summed E-state index contributed by atoms with van der Waals surface area (Å²) in [5.74, 6) is 5.63. The number of hydrazine groups is 1. The monoisotopic (exact) mass is 205 g/mol. The average molecular weight is 206 g/mol. The SMILES string of the molecule is CSc1c(N)nc(NN)nc1Cl. The number of nitrogens with one attached hydrogen (secondary N) is 1. The highest BCUT2D eigenvalue weighted by Crippen LogP contribution is 2.28. The molecule has 0 aliphatic heterocycles. The lowest BCUT2D eigenvalue weighted by Crippen LogP contribution is -2.12. The van der Waals surface area contributed by atoms with Gasteiger partial charge in [0.15, 0.2) is 0 Å². The fourth-order valence-electron chi connectivity index (χ4n) is 0.693. The minimum absolute atomic E-state index is 0.218. The summed E-state index contributed by atoms with van der Waals surface area (Å²) in [5.41, 5.74) is 7.82. The molecule has 0 atom stereocenters. The summed E-state index contributed by atoms with van der Waals surface area (Å²) in [7, 11) is 0. The number of hydrogen-bond acceptors (Lipinski definition) is 6. The Balaban J connectivity index is 3.18. The van der Waals surface area contributed by atoms with Gasteiger partial charge in [-0.15, -0.1) is 11.8 Å². The fourth-order valence-corrected chi connectivity index (χ4v) is 1.57. The van der Waals surface area contributed by atoms with Crippen LogP contribution in [0.1, 0.15) is 0 Å². The van der Waals surface area contributed by atoms with Gasteiger partial charge in [0.25, 0.3) is 0 Å². The van der Waals surface area contributed by atoms with Crippen molar-refractivity contribution in [2.75, 3.05) is 17.4 Å². The molecule has 0 radical (unpaired) electrons. The predicted octanol–water partition coefficient (Wildman–Crippen LogP) is 0.720. The highest BCUT2D eigenvalue weighted by Gasteiger charge is 2.08. The first-order valence-electron chi connectivity index (χ1n) is 3.02. The third-order valence-corrected chi connectivity index (χ3v) is 2.38. The van der Waals surface area contributed by atoms with E-state index in [1.54, 1.807) is 0 Å². The van der Waals surface area contributed by atoms with Gasteiger partial charge in [-0.1, -0.05) is 11.6 Å². The van der Waals surface area contributed by atoms with Crippen LogP contribution in [0.5, 0.6) is 0 Å². The van der Waals surface area contributed by atoms with Gasteiger partial charge in [-0.2, -0.15) is 9.97 Å². The van der Waals surface area contributed by atoms with Crippen molar-refractivity contribution < 1.29 is 0 Å². The van der Waals surface area contributed by atoms with Crippen LogP contribution in [0.15, 0.2) is 4.90 Å². The van der Waals surface area contributed by atoms with Gasteiger partial charge in [-0.05, 0) is 6.26 Å². The van der Waals surface area contributed by atoms with E-state index in [9.17, 15) is 0 Å². The molecule has 0 fully saturated rings. The average Bonchev–Trinajstić information content (AvgIpc) is 2.03. The van der Waals surface area contributed by atoms with E-state index in [1.165, 1.54) is 11.8 Å². The van der Waals surface area contributed by atoms with Gasteiger partial charge in [0.1, 0.15) is 11.0 Å². The Morgan fingerprint density at radius 2 is 2.17 bits per heavy atom. The lowest BCUT2D eigenvalue weighted by atomic mass is 10.6. The number of nitrogens with zero attached hydrogens (tertiary/aromatic N) is 2. The lowest BCUT2D eigenvalue weighted by Gasteiger charge is -2.05. The number of hydrogen-bond donors (Lipinski definition) is 3. The van der Waals surface area contributed by atoms with E-state index in [2.05, 4.69) is 15.4 Å². The molecule has 0 aliphatic rings. The molecule has 0 bridgehead atoms. The summed E-state index contributed by atoms with van der Waals surface area (Å²) >= 11 is 7.16. The molecule has 5 N–H and O–H groups in total. The minimum atomic E-state index is 0.218. The molecule has 1 rings (SSSR count). The first kappa shape index (κ1) is 9.37. The molecule has 0 saturated heterocycles. The number of nitrogens with two attached hydrogens (primary N) is 2. The molecule has 5 nitrogen and oxygen atoms in total. The van der Waals surface area contributed by atoms with E-state index in [0.717, 1.165) is 0 Å². The van der Waals surface area contributed by atoms with Crippen molar-refractivity contribution in [2.24, 2.45) is 5.84 Å². The molecule has 0 saturated carbocycles. The van der Waals surface area contributed by atoms with Crippen LogP contribution in [-0.2, 0) is 0 Å². The Morgan fingerprint density at radius 1 is 1.50 bits per heavy atom. The van der Waals surface area contributed by atoms with Gasteiger partial charge in [0, 0.05) is 0 Å². The van der Waals surface area contributed by atoms with E-state index < -0.39 is 0 Å². The summed E-state index contributed by atoms with van der Waals surface area (Å²) < 4.78 is 0. The number of anilines is 2. The topological polar surface area (TPSA) is 89.8 Å². The van der Waals surface area contributed by atoms with Crippen molar-refractivity contribution in [1.29, 1.82) is 0 Å². The molecule has 0 aliphatic carbocycles. The van der Waals surface area contributed by atoms with Crippen molar-refractivity contribution >= 4 is 35.1 Å². The Kier molecular flexibility index (Phi) is 2.96. The van der Waals surface area contributed by atoms with E-state index in [-0.39, 0.29) is 5.95 Å². The summed E-state index contributed by atoms with van der Waals surface area (Å²) in [6.45, 7) is 0. The number of nitrogen functional groups attached to an aromatic ring is 2. The second-order valence-electron chi connectivity index (χ2n) is 1.90. The maximum absolute atomic E-state index is 5.77. The smallest absolute Gasteiger partial charge is 0.240 e. The fraction of sp³-hybridized carbons (Fsp3) is 0.200. The molecule has 12 heavy (non-hydrogen) atoms. The van der Waals surface area contributed by atoms with Crippen LogP contribution in [0.25, 0.3) is 0 Å². The van der Waals surface area contributed by atoms with Crippen LogP contribution < -0.4 is 17.0 Å². The zero-order chi connectivity index (χ0) is 9.14. The number of thioether (sulfide) groups is 1.